The first-order valence-corrected chi connectivity index (χ1v) is 13.4. The van der Waals surface area contributed by atoms with Crippen molar-refractivity contribution in [1.82, 2.24) is 20.5 Å². The number of hydrogen-bond acceptors (Lipinski definition) is 6. The normalized spacial score (nSPS) is 22.4. The fourth-order valence-corrected chi connectivity index (χ4v) is 6.38. The highest BCUT2D eigenvalue weighted by Crippen LogP contribution is 2.50. The molecule has 0 aliphatic carbocycles. The SMILES string of the molecule is C=CC(=O)N1CCCC(NC(=O)[C@@H]2Sc3nccc4c3C2NC(=O)N4c2ccc(OC(C)C)c(C)c2)C1. The first-order chi connectivity index (χ1) is 17.8. The molecule has 0 saturated carbocycles. The molecule has 0 spiro atoms. The van der Waals surface area contributed by atoms with Gasteiger partial charge in [-0.3, -0.25) is 14.5 Å². The molecular formula is C27H31N5O4S. The molecule has 1 aromatic carbocycles. The predicted molar refractivity (Wildman–Crippen MR) is 142 cm³/mol. The minimum Gasteiger partial charge on any atom is -0.491 e. The van der Waals surface area contributed by atoms with Gasteiger partial charge in [0, 0.05) is 30.9 Å². The van der Waals surface area contributed by atoms with E-state index in [9.17, 15) is 14.4 Å². The Hall–Kier alpha value is -3.53. The van der Waals surface area contributed by atoms with Gasteiger partial charge in [-0.25, -0.2) is 9.78 Å². The molecule has 1 saturated heterocycles. The van der Waals surface area contributed by atoms with Gasteiger partial charge in [-0.1, -0.05) is 18.3 Å². The van der Waals surface area contributed by atoms with Crippen molar-refractivity contribution < 1.29 is 19.1 Å². The summed E-state index contributed by atoms with van der Waals surface area (Å²) >= 11 is 1.36. The maximum absolute atomic E-state index is 13.4. The van der Waals surface area contributed by atoms with Crippen molar-refractivity contribution in [3.05, 3.63) is 54.2 Å². The second-order valence-corrected chi connectivity index (χ2v) is 10.9. The summed E-state index contributed by atoms with van der Waals surface area (Å²) in [6.45, 7) is 10.6. The van der Waals surface area contributed by atoms with Gasteiger partial charge in [0.1, 0.15) is 16.0 Å². The van der Waals surface area contributed by atoms with E-state index in [0.29, 0.717) is 18.8 Å². The van der Waals surface area contributed by atoms with E-state index in [4.69, 9.17) is 4.74 Å². The number of carbonyl (C=O) groups is 3. The highest BCUT2D eigenvalue weighted by atomic mass is 32.2. The van der Waals surface area contributed by atoms with Gasteiger partial charge in [-0.15, -0.1) is 0 Å². The highest BCUT2D eigenvalue weighted by molar-refractivity contribution is 8.01. The second kappa shape index (κ2) is 10.1. The van der Waals surface area contributed by atoms with Crippen LogP contribution < -0.4 is 20.3 Å². The Morgan fingerprint density at radius 1 is 1.32 bits per heavy atom. The van der Waals surface area contributed by atoms with Crippen molar-refractivity contribution in [3.63, 3.8) is 0 Å². The van der Waals surface area contributed by atoms with E-state index in [1.807, 2.05) is 45.0 Å². The largest absolute Gasteiger partial charge is 0.491 e. The number of rotatable bonds is 6. The van der Waals surface area contributed by atoms with Gasteiger partial charge in [0.05, 0.1) is 23.5 Å². The van der Waals surface area contributed by atoms with Gasteiger partial charge in [0.15, 0.2) is 0 Å². The summed E-state index contributed by atoms with van der Waals surface area (Å²) in [7, 11) is 0. The summed E-state index contributed by atoms with van der Waals surface area (Å²) < 4.78 is 5.86. The number of carbonyl (C=O) groups excluding carboxylic acids is 3. The number of ether oxygens (including phenoxy) is 1. The molecule has 4 amide bonds. The Morgan fingerprint density at radius 2 is 2.14 bits per heavy atom. The number of aryl methyl sites for hydroxylation is 1. The smallest absolute Gasteiger partial charge is 0.327 e. The molecule has 2 N–H and O–H groups in total. The zero-order valence-electron chi connectivity index (χ0n) is 21.2. The van der Waals surface area contributed by atoms with Crippen LogP contribution in [0.3, 0.4) is 0 Å². The van der Waals surface area contributed by atoms with Crippen LogP contribution in [-0.2, 0) is 9.59 Å². The molecule has 3 aliphatic rings. The van der Waals surface area contributed by atoms with Crippen LogP contribution in [0.25, 0.3) is 0 Å². The molecule has 37 heavy (non-hydrogen) atoms. The number of benzene rings is 1. The number of piperidine rings is 1. The van der Waals surface area contributed by atoms with E-state index in [2.05, 4.69) is 22.2 Å². The predicted octanol–water partition coefficient (Wildman–Crippen LogP) is 3.85. The van der Waals surface area contributed by atoms with Gasteiger partial charge < -0.3 is 20.3 Å². The number of nitrogens with one attached hydrogen (secondary N) is 2. The van der Waals surface area contributed by atoms with Crippen molar-refractivity contribution in [2.24, 2.45) is 0 Å². The summed E-state index contributed by atoms with van der Waals surface area (Å²) in [5.41, 5.74) is 3.21. The number of amides is 4. The Morgan fingerprint density at radius 3 is 2.86 bits per heavy atom. The number of urea groups is 1. The highest BCUT2D eigenvalue weighted by Gasteiger charge is 2.47. The average molecular weight is 522 g/mol. The number of hydrogen-bond donors (Lipinski definition) is 2. The standard InChI is InChI=1S/C27H31N5O4S/c1-5-21(33)31-12-6-7-17(14-31)29-25(34)24-23-22-19(10-11-28-26(22)37-24)32(27(35)30-23)18-8-9-20(16(4)13-18)36-15(2)3/h5,8-11,13,15,17,23-24H,1,6-7,12,14H2,2-4H3,(H,29,34)(H,30,35)/t17?,23?,24-/m1/s1. The van der Waals surface area contributed by atoms with Crippen LogP contribution in [0.2, 0.25) is 0 Å². The summed E-state index contributed by atoms with van der Waals surface area (Å²) in [6, 6.07) is 6.55. The molecule has 0 bridgehead atoms. The lowest BCUT2D eigenvalue weighted by Crippen LogP contribution is -2.53. The van der Waals surface area contributed by atoms with Crippen LogP contribution in [0.1, 0.15) is 43.9 Å². The van der Waals surface area contributed by atoms with E-state index < -0.39 is 11.3 Å². The number of pyridine rings is 1. The van der Waals surface area contributed by atoms with Gasteiger partial charge in [0.25, 0.3) is 0 Å². The van der Waals surface area contributed by atoms with Crippen molar-refractivity contribution in [2.75, 3.05) is 18.0 Å². The Balaban J connectivity index is 1.38. The average Bonchev–Trinajstić information content (AvgIpc) is 3.24. The minimum atomic E-state index is -0.552. The van der Waals surface area contributed by atoms with E-state index in [1.165, 1.54) is 17.8 Å². The first-order valence-electron chi connectivity index (χ1n) is 12.5. The summed E-state index contributed by atoms with van der Waals surface area (Å²) in [4.78, 5) is 46.7. The van der Waals surface area contributed by atoms with Gasteiger partial charge in [-0.2, -0.15) is 0 Å². The van der Waals surface area contributed by atoms with E-state index in [1.54, 1.807) is 16.0 Å². The molecule has 1 aromatic heterocycles. The van der Waals surface area contributed by atoms with Crippen LogP contribution >= 0.6 is 11.8 Å². The third-order valence-corrected chi connectivity index (χ3v) is 8.09. The third-order valence-electron chi connectivity index (χ3n) is 6.80. The zero-order chi connectivity index (χ0) is 26.3. The number of anilines is 2. The van der Waals surface area contributed by atoms with Gasteiger partial charge >= 0.3 is 6.03 Å². The van der Waals surface area contributed by atoms with E-state index in [-0.39, 0.29) is 30.0 Å². The van der Waals surface area contributed by atoms with Crippen LogP contribution in [-0.4, -0.2) is 58.2 Å². The van der Waals surface area contributed by atoms with Crippen molar-refractivity contribution >= 4 is 41.0 Å². The zero-order valence-corrected chi connectivity index (χ0v) is 22.0. The van der Waals surface area contributed by atoms with Crippen LogP contribution in [0.4, 0.5) is 16.2 Å². The van der Waals surface area contributed by atoms with Crippen LogP contribution in [0.5, 0.6) is 5.75 Å². The summed E-state index contributed by atoms with van der Waals surface area (Å²) in [6.07, 6.45) is 4.63. The summed E-state index contributed by atoms with van der Waals surface area (Å²) in [5.74, 6) is 0.475. The lowest BCUT2D eigenvalue weighted by molar-refractivity contribution is -0.129. The molecule has 3 aliphatic heterocycles. The van der Waals surface area contributed by atoms with Crippen molar-refractivity contribution in [3.8, 4) is 5.75 Å². The Labute approximate surface area is 220 Å². The summed E-state index contributed by atoms with van der Waals surface area (Å²) in [5, 5.41) is 6.34. The topological polar surface area (TPSA) is 104 Å². The first kappa shape index (κ1) is 25.1. The fraction of sp³-hybridized carbons (Fsp3) is 0.407. The van der Waals surface area contributed by atoms with Gasteiger partial charge in [-0.05, 0) is 69.5 Å². The van der Waals surface area contributed by atoms with E-state index >= 15 is 0 Å². The molecule has 9 nitrogen and oxygen atoms in total. The van der Waals surface area contributed by atoms with Crippen LogP contribution in [0.15, 0.2) is 48.1 Å². The van der Waals surface area contributed by atoms with Gasteiger partial charge in [0.2, 0.25) is 11.8 Å². The molecule has 194 valence electrons. The second-order valence-electron chi connectivity index (χ2n) is 9.80. The molecule has 4 heterocycles. The number of nitrogens with zero attached hydrogens (tertiary/aromatic N) is 3. The molecule has 5 rings (SSSR count). The minimum absolute atomic E-state index is 0.0475. The third kappa shape index (κ3) is 4.77. The molecule has 1 fully saturated rings. The molecule has 10 heteroatoms. The fourth-order valence-electron chi connectivity index (χ4n) is 5.15. The molecule has 3 atom stereocenters. The maximum Gasteiger partial charge on any atom is 0.327 e. The van der Waals surface area contributed by atoms with Crippen LogP contribution in [0, 0.1) is 6.92 Å². The monoisotopic (exact) mass is 521 g/mol. The van der Waals surface area contributed by atoms with Crippen molar-refractivity contribution in [2.45, 2.75) is 62.1 Å². The Bertz CT molecular complexity index is 1270. The van der Waals surface area contributed by atoms with Crippen molar-refractivity contribution in [1.29, 1.82) is 0 Å². The molecule has 2 aromatic rings. The maximum atomic E-state index is 13.4. The quantitative estimate of drug-likeness (QED) is 0.560. The molecular weight excluding hydrogens is 490 g/mol. The lowest BCUT2D eigenvalue weighted by Gasteiger charge is -2.35. The number of thioether (sulfide) groups is 1. The molecule has 0 radical (unpaired) electrons. The number of aromatic nitrogens is 1. The lowest BCUT2D eigenvalue weighted by atomic mass is 9.99. The van der Waals surface area contributed by atoms with E-state index in [0.717, 1.165) is 40.4 Å². The molecule has 2 unspecified atom stereocenters. The number of likely N-dealkylation sites (tertiary alicyclic amines) is 1. The Kier molecular flexibility index (Phi) is 6.85.